The van der Waals surface area contributed by atoms with Crippen LogP contribution in [0.1, 0.15) is 11.1 Å². The topological polar surface area (TPSA) is 39.4 Å². The van der Waals surface area contributed by atoms with Gasteiger partial charge in [-0.3, -0.25) is 0 Å². The zero-order chi connectivity index (χ0) is 13.9. The average molecular weight is 266 g/mol. The van der Waals surface area contributed by atoms with Crippen LogP contribution in [0.3, 0.4) is 0 Å². The quantitative estimate of drug-likeness (QED) is 0.679. The van der Waals surface area contributed by atoms with Crippen LogP contribution in [0.2, 0.25) is 0 Å². The summed E-state index contributed by atoms with van der Waals surface area (Å²) in [5.41, 5.74) is 1.99. The van der Waals surface area contributed by atoms with Crippen molar-refractivity contribution in [3.63, 3.8) is 0 Å². The molecule has 3 aromatic rings. The van der Waals surface area contributed by atoms with Gasteiger partial charge in [-0.2, -0.15) is 0 Å². The highest BCUT2D eigenvalue weighted by atomic mass is 16.5. The molecule has 0 saturated heterocycles. The van der Waals surface area contributed by atoms with E-state index in [1.807, 2.05) is 48.5 Å². The lowest BCUT2D eigenvalue weighted by Gasteiger charge is -2.07. The first-order valence-electron chi connectivity index (χ1n) is 6.43. The van der Waals surface area contributed by atoms with Crippen molar-refractivity contribution in [1.29, 1.82) is 0 Å². The third-order valence-electron chi connectivity index (χ3n) is 3.13. The van der Waals surface area contributed by atoms with Gasteiger partial charge in [-0.1, -0.05) is 30.3 Å². The standard InChI is InChI=1S/C17H14O3/c1-12-9-14-10-15(7-8-16(14)20-17(12)18)19-11-13-5-3-2-4-6-13/h2-10H,11H2,1H3. The second kappa shape index (κ2) is 5.21. The highest BCUT2D eigenvalue weighted by molar-refractivity contribution is 5.78. The zero-order valence-corrected chi connectivity index (χ0v) is 11.1. The van der Waals surface area contributed by atoms with Gasteiger partial charge in [-0.15, -0.1) is 0 Å². The Morgan fingerprint density at radius 3 is 2.65 bits per heavy atom. The number of aryl methyl sites for hydroxylation is 1. The molecule has 3 nitrogen and oxygen atoms in total. The van der Waals surface area contributed by atoms with E-state index in [0.29, 0.717) is 17.8 Å². The van der Waals surface area contributed by atoms with Crippen LogP contribution in [0.25, 0.3) is 11.0 Å². The summed E-state index contributed by atoms with van der Waals surface area (Å²) in [6.07, 6.45) is 0. The maximum Gasteiger partial charge on any atom is 0.339 e. The first kappa shape index (κ1) is 12.5. The van der Waals surface area contributed by atoms with Gasteiger partial charge in [0.2, 0.25) is 0 Å². The van der Waals surface area contributed by atoms with Crippen molar-refractivity contribution >= 4 is 11.0 Å². The fourth-order valence-electron chi connectivity index (χ4n) is 2.04. The number of fused-ring (bicyclic) bond motifs is 1. The van der Waals surface area contributed by atoms with E-state index in [9.17, 15) is 4.79 Å². The first-order chi connectivity index (χ1) is 9.72. The molecule has 0 spiro atoms. The Kier molecular flexibility index (Phi) is 3.25. The molecule has 3 heteroatoms. The molecule has 20 heavy (non-hydrogen) atoms. The minimum atomic E-state index is -0.296. The van der Waals surface area contributed by atoms with Gasteiger partial charge in [0, 0.05) is 10.9 Å². The van der Waals surface area contributed by atoms with Crippen molar-refractivity contribution < 1.29 is 9.15 Å². The summed E-state index contributed by atoms with van der Waals surface area (Å²) in [5.74, 6) is 0.759. The Labute approximate surface area is 116 Å². The molecule has 1 heterocycles. The van der Waals surface area contributed by atoms with E-state index in [2.05, 4.69) is 0 Å². The summed E-state index contributed by atoms with van der Waals surface area (Å²) in [5, 5.41) is 0.868. The van der Waals surface area contributed by atoms with Gasteiger partial charge in [-0.05, 0) is 36.8 Å². The van der Waals surface area contributed by atoms with Gasteiger partial charge < -0.3 is 9.15 Å². The Bertz CT molecular complexity index is 788. The van der Waals surface area contributed by atoms with Crippen molar-refractivity contribution in [2.24, 2.45) is 0 Å². The molecule has 100 valence electrons. The second-order valence-corrected chi connectivity index (χ2v) is 4.69. The van der Waals surface area contributed by atoms with Crippen LogP contribution in [-0.4, -0.2) is 0 Å². The van der Waals surface area contributed by atoms with Gasteiger partial charge in [0.1, 0.15) is 17.9 Å². The summed E-state index contributed by atoms with van der Waals surface area (Å²) in [6, 6.07) is 17.2. The second-order valence-electron chi connectivity index (χ2n) is 4.69. The molecule has 0 N–H and O–H groups in total. The molecule has 0 fully saturated rings. The largest absolute Gasteiger partial charge is 0.489 e. The Balaban J connectivity index is 1.86. The summed E-state index contributed by atoms with van der Waals surface area (Å²) >= 11 is 0. The Morgan fingerprint density at radius 2 is 1.85 bits per heavy atom. The van der Waals surface area contributed by atoms with Gasteiger partial charge >= 0.3 is 5.63 Å². The monoisotopic (exact) mass is 266 g/mol. The maximum atomic E-state index is 11.4. The number of hydrogen-bond acceptors (Lipinski definition) is 3. The maximum absolute atomic E-state index is 11.4. The van der Waals surface area contributed by atoms with Crippen molar-refractivity contribution in [3.8, 4) is 5.75 Å². The van der Waals surface area contributed by atoms with Gasteiger partial charge in [-0.25, -0.2) is 4.79 Å². The molecule has 1 aromatic heterocycles. The van der Waals surface area contributed by atoms with Crippen molar-refractivity contribution in [2.45, 2.75) is 13.5 Å². The molecule has 0 aliphatic rings. The Morgan fingerprint density at radius 1 is 1.05 bits per heavy atom. The van der Waals surface area contributed by atoms with E-state index in [0.717, 1.165) is 16.7 Å². The van der Waals surface area contributed by atoms with E-state index in [1.165, 1.54) is 0 Å². The zero-order valence-electron chi connectivity index (χ0n) is 11.1. The molecular formula is C17H14O3. The summed E-state index contributed by atoms with van der Waals surface area (Å²) < 4.78 is 10.9. The normalized spacial score (nSPS) is 10.7. The fraction of sp³-hybridized carbons (Fsp3) is 0.118. The number of benzene rings is 2. The molecule has 0 radical (unpaired) electrons. The van der Waals surface area contributed by atoms with Crippen LogP contribution < -0.4 is 10.4 Å². The third-order valence-corrected chi connectivity index (χ3v) is 3.13. The van der Waals surface area contributed by atoms with E-state index >= 15 is 0 Å². The number of hydrogen-bond donors (Lipinski definition) is 0. The van der Waals surface area contributed by atoms with Crippen LogP contribution >= 0.6 is 0 Å². The highest BCUT2D eigenvalue weighted by Gasteiger charge is 2.03. The lowest BCUT2D eigenvalue weighted by molar-refractivity contribution is 0.306. The minimum Gasteiger partial charge on any atom is -0.489 e. The van der Waals surface area contributed by atoms with Crippen LogP contribution in [0.5, 0.6) is 5.75 Å². The SMILES string of the molecule is Cc1cc2cc(OCc3ccccc3)ccc2oc1=O. The molecule has 0 bridgehead atoms. The van der Waals surface area contributed by atoms with Crippen LogP contribution in [0.15, 0.2) is 63.8 Å². The molecule has 0 aliphatic heterocycles. The fourth-order valence-corrected chi connectivity index (χ4v) is 2.04. The molecule has 0 aliphatic carbocycles. The van der Waals surface area contributed by atoms with Gasteiger partial charge in [0.15, 0.2) is 0 Å². The van der Waals surface area contributed by atoms with E-state index in [1.54, 1.807) is 13.0 Å². The molecule has 0 unspecified atom stereocenters. The summed E-state index contributed by atoms with van der Waals surface area (Å²) in [7, 11) is 0. The lowest BCUT2D eigenvalue weighted by Crippen LogP contribution is -2.02. The van der Waals surface area contributed by atoms with E-state index < -0.39 is 0 Å². The van der Waals surface area contributed by atoms with Crippen LogP contribution in [-0.2, 0) is 6.61 Å². The predicted octanol–water partition coefficient (Wildman–Crippen LogP) is 3.68. The molecule has 3 rings (SSSR count). The Hall–Kier alpha value is -2.55. The van der Waals surface area contributed by atoms with Crippen LogP contribution in [0.4, 0.5) is 0 Å². The van der Waals surface area contributed by atoms with Crippen molar-refractivity contribution in [2.75, 3.05) is 0 Å². The minimum absolute atomic E-state index is 0.296. The molecule has 0 amide bonds. The number of rotatable bonds is 3. The predicted molar refractivity (Wildman–Crippen MR) is 78.0 cm³/mol. The van der Waals surface area contributed by atoms with E-state index in [4.69, 9.17) is 9.15 Å². The smallest absolute Gasteiger partial charge is 0.339 e. The third kappa shape index (κ3) is 2.57. The first-order valence-corrected chi connectivity index (χ1v) is 6.43. The molecule has 0 saturated carbocycles. The molecule has 0 atom stereocenters. The van der Waals surface area contributed by atoms with Gasteiger partial charge in [0.25, 0.3) is 0 Å². The summed E-state index contributed by atoms with van der Waals surface area (Å²) in [4.78, 5) is 11.4. The molecular weight excluding hydrogens is 252 g/mol. The average Bonchev–Trinajstić information content (AvgIpc) is 2.47. The highest BCUT2D eigenvalue weighted by Crippen LogP contribution is 2.21. The summed E-state index contributed by atoms with van der Waals surface area (Å²) in [6.45, 7) is 2.25. The van der Waals surface area contributed by atoms with Gasteiger partial charge in [0.05, 0.1) is 0 Å². The number of ether oxygens (including phenoxy) is 1. The lowest BCUT2D eigenvalue weighted by atomic mass is 10.2. The van der Waals surface area contributed by atoms with E-state index in [-0.39, 0.29) is 5.63 Å². The van der Waals surface area contributed by atoms with Crippen molar-refractivity contribution in [3.05, 3.63) is 76.1 Å². The molecule has 2 aromatic carbocycles. The van der Waals surface area contributed by atoms with Crippen molar-refractivity contribution in [1.82, 2.24) is 0 Å². The van der Waals surface area contributed by atoms with Crippen LogP contribution in [0, 0.1) is 6.92 Å².